The number of hydrogen-bond acceptors (Lipinski definition) is 3. The highest BCUT2D eigenvalue weighted by Crippen LogP contribution is 2.37. The number of ketones is 1. The first kappa shape index (κ1) is 20.6. The Morgan fingerprint density at radius 3 is 2.52 bits per heavy atom. The zero-order chi connectivity index (χ0) is 21.8. The van der Waals surface area contributed by atoms with E-state index in [2.05, 4.69) is 4.98 Å². The Morgan fingerprint density at radius 2 is 1.81 bits per heavy atom. The summed E-state index contributed by atoms with van der Waals surface area (Å²) in [5, 5.41) is 9.14. The molecule has 0 spiro atoms. The van der Waals surface area contributed by atoms with Crippen LogP contribution in [0.5, 0.6) is 0 Å². The number of rotatable bonds is 7. The number of carboxylic acid groups (broad SMARTS) is 1. The van der Waals surface area contributed by atoms with Gasteiger partial charge in [-0.15, -0.1) is 0 Å². The minimum absolute atomic E-state index is 0.00399. The largest absolute Gasteiger partial charge is 0.475 e. The van der Waals surface area contributed by atoms with Crippen LogP contribution in [-0.2, 0) is 16.0 Å². The van der Waals surface area contributed by atoms with Crippen molar-refractivity contribution >= 4 is 29.0 Å². The van der Waals surface area contributed by atoms with Crippen LogP contribution in [0.3, 0.4) is 0 Å². The van der Waals surface area contributed by atoms with Gasteiger partial charge in [-0.25, -0.2) is 4.79 Å². The number of H-pyrrole nitrogens is 1. The van der Waals surface area contributed by atoms with E-state index in [9.17, 15) is 14.4 Å². The van der Waals surface area contributed by atoms with E-state index < -0.39 is 11.8 Å². The summed E-state index contributed by atoms with van der Waals surface area (Å²) in [6.07, 6.45) is 7.05. The minimum Gasteiger partial charge on any atom is -0.475 e. The van der Waals surface area contributed by atoms with E-state index in [4.69, 9.17) is 5.11 Å². The molecule has 1 atom stereocenters. The molecule has 1 aliphatic carbocycles. The van der Waals surface area contributed by atoms with Crippen LogP contribution >= 0.6 is 0 Å². The zero-order valence-electron chi connectivity index (χ0n) is 17.1. The van der Waals surface area contributed by atoms with Crippen molar-refractivity contribution in [2.24, 2.45) is 0 Å². The van der Waals surface area contributed by atoms with Gasteiger partial charge in [-0.2, -0.15) is 0 Å². The van der Waals surface area contributed by atoms with Crippen molar-refractivity contribution in [3.05, 3.63) is 83.7 Å². The number of aromatic nitrogens is 1. The quantitative estimate of drug-likeness (QED) is 0.426. The predicted molar refractivity (Wildman–Crippen MR) is 118 cm³/mol. The van der Waals surface area contributed by atoms with E-state index in [1.54, 1.807) is 29.4 Å². The summed E-state index contributed by atoms with van der Waals surface area (Å²) in [4.78, 5) is 41.3. The third kappa shape index (κ3) is 4.28. The second-order valence-electron chi connectivity index (χ2n) is 7.77. The number of para-hydroxylation sites is 1. The molecule has 0 saturated heterocycles. The molecule has 1 amide bonds. The number of carbonyl (C=O) groups excluding carboxylic acids is 2. The maximum Gasteiger partial charge on any atom is 0.377 e. The molecule has 1 unspecified atom stereocenters. The number of amides is 1. The Hall–Kier alpha value is -3.67. The topological polar surface area (TPSA) is 90.5 Å². The molecule has 0 bridgehead atoms. The number of aliphatic carboxylic acids is 1. The van der Waals surface area contributed by atoms with Crippen molar-refractivity contribution < 1.29 is 19.5 Å². The Kier molecular flexibility index (Phi) is 5.98. The van der Waals surface area contributed by atoms with E-state index in [0.29, 0.717) is 19.3 Å². The minimum atomic E-state index is -1.43. The number of anilines is 2. The van der Waals surface area contributed by atoms with Crippen LogP contribution in [0.1, 0.15) is 53.1 Å². The molecule has 1 aliphatic rings. The number of aromatic amines is 1. The molecule has 31 heavy (non-hydrogen) atoms. The Morgan fingerprint density at radius 1 is 1.00 bits per heavy atom. The predicted octanol–water partition coefficient (Wildman–Crippen LogP) is 4.85. The number of nitrogens with one attached hydrogen (secondary N) is 1. The second kappa shape index (κ2) is 9.00. The Labute approximate surface area is 180 Å². The summed E-state index contributed by atoms with van der Waals surface area (Å²) in [5.74, 6) is -2.18. The fourth-order valence-electron chi connectivity index (χ4n) is 4.45. The van der Waals surface area contributed by atoms with Crippen LogP contribution in [-0.4, -0.2) is 27.8 Å². The maximum absolute atomic E-state index is 13.2. The molecule has 158 valence electrons. The van der Waals surface area contributed by atoms with Crippen molar-refractivity contribution in [3.8, 4) is 0 Å². The van der Waals surface area contributed by atoms with E-state index in [-0.39, 0.29) is 17.4 Å². The molecular formula is C25H24N2O4. The SMILES string of the molecule is O=C(O)C(=O)c1cccc2c1CCCC2CCC(=O)N(c1ccccc1)c1cc[nH]c1. The molecule has 0 fully saturated rings. The average Bonchev–Trinajstić information content (AvgIpc) is 3.32. The lowest BCUT2D eigenvalue weighted by Crippen LogP contribution is -2.26. The number of carbonyl (C=O) groups is 3. The number of fused-ring (bicyclic) bond motifs is 1. The number of Topliss-reactive ketones (excluding diaryl/α,β-unsaturated/α-hetero) is 1. The first-order valence-corrected chi connectivity index (χ1v) is 10.5. The summed E-state index contributed by atoms with van der Waals surface area (Å²) in [7, 11) is 0. The summed E-state index contributed by atoms with van der Waals surface area (Å²) < 4.78 is 0. The molecule has 0 aliphatic heterocycles. The highest BCUT2D eigenvalue weighted by molar-refractivity contribution is 6.40. The summed E-state index contributed by atoms with van der Waals surface area (Å²) >= 11 is 0. The van der Waals surface area contributed by atoms with Gasteiger partial charge in [0.1, 0.15) is 0 Å². The number of benzene rings is 2. The molecule has 0 radical (unpaired) electrons. The number of carboxylic acids is 1. The van der Waals surface area contributed by atoms with Crippen LogP contribution < -0.4 is 4.90 Å². The van der Waals surface area contributed by atoms with Crippen LogP contribution in [0.15, 0.2) is 67.0 Å². The van der Waals surface area contributed by atoms with E-state index >= 15 is 0 Å². The molecule has 6 heteroatoms. The highest BCUT2D eigenvalue weighted by atomic mass is 16.4. The maximum atomic E-state index is 13.2. The van der Waals surface area contributed by atoms with Crippen molar-refractivity contribution in [2.45, 2.75) is 38.0 Å². The molecule has 2 aromatic carbocycles. The normalized spacial score (nSPS) is 15.2. The third-order valence-corrected chi connectivity index (χ3v) is 5.88. The van der Waals surface area contributed by atoms with Crippen LogP contribution in [0, 0.1) is 0 Å². The molecular weight excluding hydrogens is 392 g/mol. The van der Waals surface area contributed by atoms with Crippen molar-refractivity contribution in [1.29, 1.82) is 0 Å². The van der Waals surface area contributed by atoms with Gasteiger partial charge in [0.2, 0.25) is 5.91 Å². The lowest BCUT2D eigenvalue weighted by atomic mass is 9.78. The van der Waals surface area contributed by atoms with Gasteiger partial charge in [-0.05, 0) is 60.9 Å². The monoisotopic (exact) mass is 416 g/mol. The third-order valence-electron chi connectivity index (χ3n) is 5.88. The Bertz CT molecular complexity index is 1090. The zero-order valence-corrected chi connectivity index (χ0v) is 17.1. The van der Waals surface area contributed by atoms with Gasteiger partial charge >= 0.3 is 5.97 Å². The standard InChI is InChI=1S/C25H24N2O4/c28-23(27(19-14-15-26-16-19)18-7-2-1-3-8-18)13-12-17-6-4-10-21-20(17)9-5-11-22(21)24(29)25(30)31/h1-3,5,7-9,11,14-17,26H,4,6,10,12-13H2,(H,30,31). The first-order chi connectivity index (χ1) is 15.1. The highest BCUT2D eigenvalue weighted by Gasteiger charge is 2.28. The lowest BCUT2D eigenvalue weighted by Gasteiger charge is -2.28. The van der Waals surface area contributed by atoms with E-state index in [0.717, 1.165) is 35.3 Å². The average molecular weight is 416 g/mol. The lowest BCUT2D eigenvalue weighted by molar-refractivity contribution is -0.131. The summed E-state index contributed by atoms with van der Waals surface area (Å²) in [6.45, 7) is 0. The number of hydrogen-bond donors (Lipinski definition) is 2. The molecule has 4 rings (SSSR count). The number of nitrogens with zero attached hydrogens (tertiary/aromatic N) is 1. The van der Waals surface area contributed by atoms with Crippen molar-refractivity contribution in [3.63, 3.8) is 0 Å². The van der Waals surface area contributed by atoms with Crippen LogP contribution in [0.2, 0.25) is 0 Å². The van der Waals surface area contributed by atoms with Gasteiger partial charge in [0.25, 0.3) is 5.78 Å². The van der Waals surface area contributed by atoms with Crippen LogP contribution in [0.4, 0.5) is 11.4 Å². The second-order valence-corrected chi connectivity index (χ2v) is 7.77. The van der Waals surface area contributed by atoms with Gasteiger partial charge in [-0.1, -0.05) is 36.4 Å². The van der Waals surface area contributed by atoms with Gasteiger partial charge < -0.3 is 10.1 Å². The molecule has 0 saturated carbocycles. The first-order valence-electron chi connectivity index (χ1n) is 10.5. The molecule has 3 aromatic rings. The van der Waals surface area contributed by atoms with Gasteiger partial charge in [0, 0.05) is 30.1 Å². The van der Waals surface area contributed by atoms with Crippen molar-refractivity contribution in [1.82, 2.24) is 4.98 Å². The van der Waals surface area contributed by atoms with Crippen molar-refractivity contribution in [2.75, 3.05) is 4.90 Å². The van der Waals surface area contributed by atoms with Crippen LogP contribution in [0.25, 0.3) is 0 Å². The van der Waals surface area contributed by atoms with E-state index in [1.165, 1.54) is 0 Å². The van der Waals surface area contributed by atoms with Gasteiger partial charge in [0.05, 0.1) is 5.69 Å². The summed E-state index contributed by atoms with van der Waals surface area (Å²) in [5.41, 5.74) is 3.70. The van der Waals surface area contributed by atoms with Gasteiger partial charge in [-0.3, -0.25) is 14.5 Å². The Balaban J connectivity index is 1.55. The summed E-state index contributed by atoms with van der Waals surface area (Å²) in [6, 6.07) is 16.7. The molecule has 1 aromatic heterocycles. The molecule has 1 heterocycles. The fraction of sp³-hybridized carbons (Fsp3) is 0.240. The molecule has 2 N–H and O–H groups in total. The van der Waals surface area contributed by atoms with E-state index in [1.807, 2.05) is 42.5 Å². The fourth-order valence-corrected chi connectivity index (χ4v) is 4.45. The smallest absolute Gasteiger partial charge is 0.377 e. The van der Waals surface area contributed by atoms with Gasteiger partial charge in [0.15, 0.2) is 0 Å². The molecule has 6 nitrogen and oxygen atoms in total.